The lowest BCUT2D eigenvalue weighted by atomic mass is 10.1. The number of nitrogens with zero attached hydrogens (tertiary/aromatic N) is 2. The third-order valence-corrected chi connectivity index (χ3v) is 3.62. The number of carbonyl (C=O) groups is 1. The first kappa shape index (κ1) is 16.9. The Labute approximate surface area is 148 Å². The van der Waals surface area contributed by atoms with E-state index in [-0.39, 0.29) is 18.1 Å². The molecule has 2 aromatic carbocycles. The summed E-state index contributed by atoms with van der Waals surface area (Å²) in [5, 5.41) is 19.4. The van der Waals surface area contributed by atoms with Gasteiger partial charge in [0.15, 0.2) is 0 Å². The van der Waals surface area contributed by atoms with E-state index in [4.69, 9.17) is 14.4 Å². The number of hydrogen-bond acceptors (Lipinski definition) is 6. The predicted octanol–water partition coefficient (Wildman–Crippen LogP) is 4.08. The number of furan rings is 1. The fourth-order valence-electron chi connectivity index (χ4n) is 2.25. The second-order valence-corrected chi connectivity index (χ2v) is 5.35. The van der Waals surface area contributed by atoms with Crippen LogP contribution in [0.1, 0.15) is 21.7 Å². The zero-order valence-electron chi connectivity index (χ0n) is 13.4. The topological polar surface area (TPSA) is 106 Å². The summed E-state index contributed by atoms with van der Waals surface area (Å²) in [6.45, 7) is 0.0537. The van der Waals surface area contributed by atoms with Crippen LogP contribution in [0.3, 0.4) is 0 Å². The Morgan fingerprint density at radius 2 is 1.77 bits per heavy atom. The average Bonchev–Trinajstić information content (AvgIpc) is 3.17. The minimum atomic E-state index is -0.623. The number of nitro groups is 1. The van der Waals surface area contributed by atoms with Gasteiger partial charge in [0.25, 0.3) is 5.69 Å². The molecule has 0 saturated heterocycles. The molecule has 0 aliphatic rings. The highest BCUT2D eigenvalue weighted by Crippen LogP contribution is 2.25. The van der Waals surface area contributed by atoms with Crippen molar-refractivity contribution in [2.24, 2.45) is 0 Å². The number of ether oxygens (including phenoxy) is 1. The van der Waals surface area contributed by atoms with E-state index in [0.717, 1.165) is 5.56 Å². The number of rotatable bonds is 5. The minimum absolute atomic E-state index is 0.0256. The van der Waals surface area contributed by atoms with Gasteiger partial charge in [0, 0.05) is 17.7 Å². The summed E-state index contributed by atoms with van der Waals surface area (Å²) in [6.07, 6.45) is 0. The molecule has 7 heteroatoms. The van der Waals surface area contributed by atoms with Crippen LogP contribution < -0.4 is 0 Å². The van der Waals surface area contributed by atoms with Gasteiger partial charge in [-0.3, -0.25) is 10.1 Å². The number of hydrogen-bond donors (Lipinski definition) is 0. The van der Waals surface area contributed by atoms with E-state index in [1.807, 2.05) is 6.07 Å². The van der Waals surface area contributed by atoms with Gasteiger partial charge < -0.3 is 9.15 Å². The molecule has 0 spiro atoms. The first-order valence-corrected chi connectivity index (χ1v) is 7.57. The molecular weight excluding hydrogens is 336 g/mol. The van der Waals surface area contributed by atoms with Crippen LogP contribution in [0.2, 0.25) is 0 Å². The lowest BCUT2D eigenvalue weighted by Gasteiger charge is -2.03. The Bertz CT molecular complexity index is 982. The Balaban J connectivity index is 1.65. The molecule has 0 N–H and O–H groups in total. The molecule has 26 heavy (non-hydrogen) atoms. The highest BCUT2D eigenvalue weighted by atomic mass is 16.6. The van der Waals surface area contributed by atoms with E-state index < -0.39 is 10.9 Å². The highest BCUT2D eigenvalue weighted by Gasteiger charge is 2.14. The van der Waals surface area contributed by atoms with Crippen molar-refractivity contribution < 1.29 is 18.9 Å². The Kier molecular flexibility index (Phi) is 4.76. The molecule has 0 radical (unpaired) electrons. The molecule has 0 aliphatic heterocycles. The molecule has 0 saturated carbocycles. The van der Waals surface area contributed by atoms with Gasteiger partial charge in [-0.25, -0.2) is 4.79 Å². The monoisotopic (exact) mass is 348 g/mol. The maximum absolute atomic E-state index is 12.1. The van der Waals surface area contributed by atoms with Gasteiger partial charge >= 0.3 is 5.97 Å². The molecule has 0 bridgehead atoms. The largest absolute Gasteiger partial charge is 0.455 e. The second kappa shape index (κ2) is 7.32. The third-order valence-electron chi connectivity index (χ3n) is 3.62. The maximum Gasteiger partial charge on any atom is 0.374 e. The van der Waals surface area contributed by atoms with Crippen LogP contribution >= 0.6 is 0 Å². The smallest absolute Gasteiger partial charge is 0.374 e. The normalized spacial score (nSPS) is 10.1. The van der Waals surface area contributed by atoms with Crippen LogP contribution in [-0.2, 0) is 11.3 Å². The zero-order valence-corrected chi connectivity index (χ0v) is 13.4. The molecule has 0 unspecified atom stereocenters. The molecule has 0 aliphatic carbocycles. The van der Waals surface area contributed by atoms with Gasteiger partial charge in [-0.15, -0.1) is 0 Å². The van der Waals surface area contributed by atoms with E-state index in [1.54, 1.807) is 42.5 Å². The maximum atomic E-state index is 12.1. The SMILES string of the molecule is N#Cc1ccc(COC(=O)c2ccc(-c3ccc([N+](=O)[O-])cc3)o2)cc1. The summed E-state index contributed by atoms with van der Waals surface area (Å²) < 4.78 is 10.7. The van der Waals surface area contributed by atoms with Gasteiger partial charge in [-0.2, -0.15) is 5.26 Å². The van der Waals surface area contributed by atoms with Crippen LogP contribution in [0.4, 0.5) is 5.69 Å². The molecule has 0 amide bonds. The standard InChI is InChI=1S/C19H12N2O5/c20-11-13-1-3-14(4-2-13)12-25-19(22)18-10-9-17(26-18)15-5-7-16(8-6-15)21(23)24/h1-10H,12H2. The summed E-state index contributed by atoms with van der Waals surface area (Å²) in [5.74, 6) is -0.181. The summed E-state index contributed by atoms with van der Waals surface area (Å²) in [7, 11) is 0. The Hall–Kier alpha value is -3.92. The number of carbonyl (C=O) groups excluding carboxylic acids is 1. The summed E-state index contributed by atoms with van der Waals surface area (Å²) in [6, 6.07) is 17.6. The van der Waals surface area contributed by atoms with E-state index in [1.165, 1.54) is 18.2 Å². The van der Waals surface area contributed by atoms with Crippen molar-refractivity contribution >= 4 is 11.7 Å². The molecule has 128 valence electrons. The Morgan fingerprint density at radius 3 is 2.38 bits per heavy atom. The molecule has 3 rings (SSSR count). The molecular formula is C19H12N2O5. The first-order valence-electron chi connectivity index (χ1n) is 7.57. The van der Waals surface area contributed by atoms with Crippen LogP contribution in [0.15, 0.2) is 65.1 Å². The van der Waals surface area contributed by atoms with E-state index in [0.29, 0.717) is 16.9 Å². The van der Waals surface area contributed by atoms with Gasteiger partial charge in [-0.05, 0) is 42.0 Å². The van der Waals surface area contributed by atoms with E-state index >= 15 is 0 Å². The molecule has 0 atom stereocenters. The molecule has 3 aromatic rings. The fraction of sp³-hybridized carbons (Fsp3) is 0.0526. The lowest BCUT2D eigenvalue weighted by Crippen LogP contribution is -2.03. The Morgan fingerprint density at radius 1 is 1.08 bits per heavy atom. The van der Waals surface area contributed by atoms with Gasteiger partial charge in [0.2, 0.25) is 5.76 Å². The molecule has 7 nitrogen and oxygen atoms in total. The van der Waals surface area contributed by atoms with Crippen LogP contribution in [0.5, 0.6) is 0 Å². The fourth-order valence-corrected chi connectivity index (χ4v) is 2.25. The lowest BCUT2D eigenvalue weighted by molar-refractivity contribution is -0.384. The van der Waals surface area contributed by atoms with Gasteiger partial charge in [0.05, 0.1) is 16.6 Å². The van der Waals surface area contributed by atoms with E-state index in [9.17, 15) is 14.9 Å². The molecule has 1 heterocycles. The van der Waals surface area contributed by atoms with Crippen molar-refractivity contribution in [3.8, 4) is 17.4 Å². The number of nitriles is 1. The number of non-ortho nitro benzene ring substituents is 1. The second-order valence-electron chi connectivity index (χ2n) is 5.35. The van der Waals surface area contributed by atoms with Crippen molar-refractivity contribution in [1.29, 1.82) is 5.26 Å². The predicted molar refractivity (Wildman–Crippen MR) is 91.1 cm³/mol. The quantitative estimate of drug-likeness (QED) is 0.390. The number of benzene rings is 2. The van der Waals surface area contributed by atoms with Crippen molar-refractivity contribution in [3.63, 3.8) is 0 Å². The summed E-state index contributed by atoms with van der Waals surface area (Å²) >= 11 is 0. The van der Waals surface area contributed by atoms with Crippen LogP contribution in [-0.4, -0.2) is 10.9 Å². The van der Waals surface area contributed by atoms with Gasteiger partial charge in [-0.1, -0.05) is 12.1 Å². The minimum Gasteiger partial charge on any atom is -0.455 e. The van der Waals surface area contributed by atoms with Crippen LogP contribution in [0, 0.1) is 21.4 Å². The number of nitro benzene ring substituents is 1. The summed E-state index contributed by atoms with van der Waals surface area (Å²) in [4.78, 5) is 22.3. The van der Waals surface area contributed by atoms with Crippen molar-refractivity contribution in [1.82, 2.24) is 0 Å². The zero-order chi connectivity index (χ0) is 18.5. The summed E-state index contributed by atoms with van der Waals surface area (Å²) in [5.41, 5.74) is 1.86. The molecule has 0 fully saturated rings. The van der Waals surface area contributed by atoms with Crippen LogP contribution in [0.25, 0.3) is 11.3 Å². The third kappa shape index (κ3) is 3.76. The average molecular weight is 348 g/mol. The van der Waals surface area contributed by atoms with Gasteiger partial charge in [0.1, 0.15) is 12.4 Å². The molecule has 1 aromatic heterocycles. The number of esters is 1. The highest BCUT2D eigenvalue weighted by molar-refractivity contribution is 5.87. The van der Waals surface area contributed by atoms with Crippen molar-refractivity contribution in [2.45, 2.75) is 6.61 Å². The van der Waals surface area contributed by atoms with E-state index in [2.05, 4.69) is 0 Å². The van der Waals surface area contributed by atoms with Crippen molar-refractivity contribution in [2.75, 3.05) is 0 Å². The first-order chi connectivity index (χ1) is 12.6. The van der Waals surface area contributed by atoms with Crippen molar-refractivity contribution in [3.05, 3.63) is 87.7 Å².